The molecule has 1 fully saturated rings. The second kappa shape index (κ2) is 2.53. The molecule has 1 saturated heterocycles. The van der Waals surface area contributed by atoms with Crippen molar-refractivity contribution in [2.45, 2.75) is 18.3 Å². The summed E-state index contributed by atoms with van der Waals surface area (Å²) in [6.45, 7) is -0.113. The number of aliphatic hydroxyl groups is 2. The Morgan fingerprint density at radius 1 is 1.50 bits per heavy atom. The summed E-state index contributed by atoms with van der Waals surface area (Å²) in [5.41, 5.74) is 0. The van der Waals surface area contributed by atoms with Gasteiger partial charge in [-0.2, -0.15) is 0 Å². The maximum Gasteiger partial charge on any atom is 0.335 e. The van der Waals surface area contributed by atoms with Gasteiger partial charge in [0.2, 0.25) is 0 Å². The van der Waals surface area contributed by atoms with Crippen LogP contribution in [0.2, 0.25) is 0 Å². The van der Waals surface area contributed by atoms with E-state index in [0.29, 0.717) is 0 Å². The summed E-state index contributed by atoms with van der Waals surface area (Å²) in [7, 11) is 0. The summed E-state index contributed by atoms with van der Waals surface area (Å²) in [6, 6.07) is 0. The molecule has 1 aliphatic rings. The summed E-state index contributed by atoms with van der Waals surface area (Å²) in [5, 5.41) is 26.0. The molecule has 0 aliphatic carbocycles. The van der Waals surface area contributed by atoms with Crippen LogP contribution in [0.3, 0.4) is 0 Å². The van der Waals surface area contributed by atoms with Crippen LogP contribution in [0.1, 0.15) is 0 Å². The summed E-state index contributed by atoms with van der Waals surface area (Å²) in [4.78, 5) is 10.2. The zero-order chi connectivity index (χ0) is 7.72. The Morgan fingerprint density at radius 2 is 2.10 bits per heavy atom. The molecule has 3 N–H and O–H groups in total. The fourth-order valence-electron chi connectivity index (χ4n) is 0.819. The minimum absolute atomic E-state index is 0.113. The van der Waals surface area contributed by atoms with Crippen molar-refractivity contribution in [3.05, 3.63) is 0 Å². The minimum Gasteiger partial charge on any atom is -0.479 e. The highest BCUT2D eigenvalue weighted by molar-refractivity contribution is 5.73. The molecule has 1 aliphatic heterocycles. The fourth-order valence-corrected chi connectivity index (χ4v) is 0.819. The van der Waals surface area contributed by atoms with Crippen LogP contribution in [0.25, 0.3) is 0 Å². The van der Waals surface area contributed by atoms with Gasteiger partial charge in [-0.25, -0.2) is 4.79 Å². The first kappa shape index (κ1) is 7.46. The number of carbonyl (C=O) groups is 1. The van der Waals surface area contributed by atoms with E-state index in [1.54, 1.807) is 0 Å². The molecule has 0 unspecified atom stereocenters. The Labute approximate surface area is 56.9 Å². The highest BCUT2D eigenvalue weighted by Gasteiger charge is 2.39. The van der Waals surface area contributed by atoms with E-state index in [-0.39, 0.29) is 6.61 Å². The SMILES string of the molecule is O=C(O)[C@H]1OC[C@H](O)[C@H]1O. The molecule has 0 radical (unpaired) electrons. The largest absolute Gasteiger partial charge is 0.479 e. The van der Waals surface area contributed by atoms with Crippen molar-refractivity contribution in [3.8, 4) is 0 Å². The normalized spacial score (nSPS) is 40.0. The quantitative estimate of drug-likeness (QED) is 0.408. The van der Waals surface area contributed by atoms with E-state index in [1.807, 2.05) is 0 Å². The number of carboxylic acid groups (broad SMARTS) is 1. The van der Waals surface area contributed by atoms with E-state index >= 15 is 0 Å². The minimum atomic E-state index is -1.29. The van der Waals surface area contributed by atoms with E-state index in [2.05, 4.69) is 4.74 Å². The molecule has 1 rings (SSSR count). The summed E-state index contributed by atoms with van der Waals surface area (Å²) in [6.07, 6.45) is -3.63. The summed E-state index contributed by atoms with van der Waals surface area (Å²) < 4.78 is 4.54. The number of hydrogen-bond donors (Lipinski definition) is 3. The number of aliphatic carboxylic acids is 1. The average Bonchev–Trinajstić information content (AvgIpc) is 2.14. The Hall–Kier alpha value is -0.650. The summed E-state index contributed by atoms with van der Waals surface area (Å²) >= 11 is 0. The predicted octanol–water partition coefficient (Wildman–Crippen LogP) is -1.81. The van der Waals surface area contributed by atoms with Gasteiger partial charge in [-0.05, 0) is 0 Å². The van der Waals surface area contributed by atoms with Crippen LogP contribution in [0.15, 0.2) is 0 Å². The van der Waals surface area contributed by atoms with Gasteiger partial charge >= 0.3 is 5.97 Å². The molecule has 0 aromatic carbocycles. The van der Waals surface area contributed by atoms with Gasteiger partial charge in [-0.1, -0.05) is 0 Å². The first-order valence-electron chi connectivity index (χ1n) is 2.83. The van der Waals surface area contributed by atoms with Gasteiger partial charge in [0, 0.05) is 0 Å². The van der Waals surface area contributed by atoms with Crippen LogP contribution in [0.5, 0.6) is 0 Å². The molecule has 5 nitrogen and oxygen atoms in total. The smallest absolute Gasteiger partial charge is 0.335 e. The Kier molecular flexibility index (Phi) is 1.89. The molecule has 0 amide bonds. The lowest BCUT2D eigenvalue weighted by Crippen LogP contribution is -2.35. The number of rotatable bonds is 1. The van der Waals surface area contributed by atoms with Gasteiger partial charge in [0.1, 0.15) is 12.2 Å². The monoisotopic (exact) mass is 148 g/mol. The van der Waals surface area contributed by atoms with Crippen molar-refractivity contribution in [2.24, 2.45) is 0 Å². The number of hydrogen-bond acceptors (Lipinski definition) is 4. The molecule has 0 spiro atoms. The van der Waals surface area contributed by atoms with E-state index in [4.69, 9.17) is 15.3 Å². The van der Waals surface area contributed by atoms with Crippen LogP contribution in [0, 0.1) is 0 Å². The van der Waals surface area contributed by atoms with E-state index < -0.39 is 24.3 Å². The third kappa shape index (κ3) is 1.11. The van der Waals surface area contributed by atoms with Gasteiger partial charge in [-0.15, -0.1) is 0 Å². The molecule has 0 aromatic rings. The van der Waals surface area contributed by atoms with Crippen LogP contribution < -0.4 is 0 Å². The highest BCUT2D eigenvalue weighted by Crippen LogP contribution is 2.13. The van der Waals surface area contributed by atoms with Crippen molar-refractivity contribution in [3.63, 3.8) is 0 Å². The zero-order valence-electron chi connectivity index (χ0n) is 5.10. The molecule has 0 aromatic heterocycles. The number of ether oxygens (including phenoxy) is 1. The summed E-state index contributed by atoms with van der Waals surface area (Å²) in [5.74, 6) is -1.25. The molecule has 3 atom stereocenters. The van der Waals surface area contributed by atoms with Crippen LogP contribution in [-0.4, -0.2) is 46.2 Å². The first-order chi connectivity index (χ1) is 4.63. The lowest BCUT2D eigenvalue weighted by atomic mass is 10.1. The fraction of sp³-hybridized carbons (Fsp3) is 0.800. The van der Waals surface area contributed by atoms with Crippen molar-refractivity contribution in [1.29, 1.82) is 0 Å². The predicted molar refractivity (Wildman–Crippen MR) is 29.4 cm³/mol. The van der Waals surface area contributed by atoms with Crippen LogP contribution in [-0.2, 0) is 9.53 Å². The molecule has 58 valence electrons. The average molecular weight is 148 g/mol. The van der Waals surface area contributed by atoms with Gasteiger partial charge < -0.3 is 20.1 Å². The van der Waals surface area contributed by atoms with E-state index in [0.717, 1.165) is 0 Å². The van der Waals surface area contributed by atoms with Crippen molar-refractivity contribution >= 4 is 5.97 Å². The standard InChI is InChI=1S/C5H8O5/c6-2-1-10-4(3(2)7)5(8)9/h2-4,6-7H,1H2,(H,8,9)/t2-,3+,4-/m0/s1. The third-order valence-electron chi connectivity index (χ3n) is 1.39. The van der Waals surface area contributed by atoms with Crippen LogP contribution in [0.4, 0.5) is 0 Å². The molecular formula is C5H8O5. The molecule has 0 saturated carbocycles. The van der Waals surface area contributed by atoms with Crippen molar-refractivity contribution < 1.29 is 24.9 Å². The molecule has 1 heterocycles. The maximum atomic E-state index is 10.2. The lowest BCUT2D eigenvalue weighted by molar-refractivity contribution is -0.151. The third-order valence-corrected chi connectivity index (χ3v) is 1.39. The van der Waals surface area contributed by atoms with E-state index in [1.165, 1.54) is 0 Å². The number of aliphatic hydroxyl groups excluding tert-OH is 2. The molecule has 5 heteroatoms. The number of carboxylic acids is 1. The van der Waals surface area contributed by atoms with Crippen molar-refractivity contribution in [1.82, 2.24) is 0 Å². The van der Waals surface area contributed by atoms with Crippen molar-refractivity contribution in [2.75, 3.05) is 6.61 Å². The Balaban J connectivity index is 2.57. The van der Waals surface area contributed by atoms with Gasteiger partial charge in [0.05, 0.1) is 6.61 Å². The van der Waals surface area contributed by atoms with E-state index in [9.17, 15) is 4.79 Å². The first-order valence-corrected chi connectivity index (χ1v) is 2.83. The van der Waals surface area contributed by atoms with Crippen LogP contribution >= 0.6 is 0 Å². The topological polar surface area (TPSA) is 87.0 Å². The second-order valence-electron chi connectivity index (χ2n) is 2.15. The Bertz CT molecular complexity index is 145. The molecular weight excluding hydrogens is 140 g/mol. The maximum absolute atomic E-state index is 10.2. The van der Waals surface area contributed by atoms with Gasteiger partial charge in [0.15, 0.2) is 6.10 Å². The molecule has 0 bridgehead atoms. The van der Waals surface area contributed by atoms with Gasteiger partial charge in [0.25, 0.3) is 0 Å². The highest BCUT2D eigenvalue weighted by atomic mass is 16.6. The second-order valence-corrected chi connectivity index (χ2v) is 2.15. The molecule has 10 heavy (non-hydrogen) atoms. The zero-order valence-corrected chi connectivity index (χ0v) is 5.10. The Morgan fingerprint density at radius 3 is 2.30 bits per heavy atom. The van der Waals surface area contributed by atoms with Gasteiger partial charge in [-0.3, -0.25) is 0 Å². The lowest BCUT2D eigenvalue weighted by Gasteiger charge is -2.08.